The first-order chi connectivity index (χ1) is 15.4. The molecule has 6 heteroatoms. The van der Waals surface area contributed by atoms with Gasteiger partial charge in [-0.2, -0.15) is 0 Å². The molecular weight excluding hydrogens is 402 g/mol. The maximum Gasteiger partial charge on any atom is 0.249 e. The lowest BCUT2D eigenvalue weighted by atomic mass is 10.0. The molecule has 0 unspecified atom stereocenters. The van der Waals surface area contributed by atoms with Crippen molar-refractivity contribution < 1.29 is 14.4 Å². The molecule has 1 atom stereocenters. The molecule has 0 saturated carbocycles. The van der Waals surface area contributed by atoms with E-state index in [0.29, 0.717) is 12.1 Å². The SMILES string of the molecule is CC(=O)Nc1ccc(CC(=O)N[C@@H](Cc2ccccc2)C(=O)N(C)c2ccccc2)cc1. The molecule has 0 spiro atoms. The first-order valence-corrected chi connectivity index (χ1v) is 10.4. The highest BCUT2D eigenvalue weighted by Crippen LogP contribution is 2.15. The van der Waals surface area contributed by atoms with Crippen molar-refractivity contribution in [3.63, 3.8) is 0 Å². The van der Waals surface area contributed by atoms with Crippen LogP contribution < -0.4 is 15.5 Å². The number of anilines is 2. The van der Waals surface area contributed by atoms with Crippen molar-refractivity contribution in [1.82, 2.24) is 5.32 Å². The zero-order valence-corrected chi connectivity index (χ0v) is 18.2. The second-order valence-electron chi connectivity index (χ2n) is 7.60. The first-order valence-electron chi connectivity index (χ1n) is 10.4. The van der Waals surface area contributed by atoms with Crippen molar-refractivity contribution in [2.45, 2.75) is 25.8 Å². The molecule has 0 bridgehead atoms. The highest BCUT2D eigenvalue weighted by atomic mass is 16.2. The largest absolute Gasteiger partial charge is 0.344 e. The highest BCUT2D eigenvalue weighted by Gasteiger charge is 2.25. The molecule has 0 aliphatic carbocycles. The lowest BCUT2D eigenvalue weighted by Crippen LogP contribution is -2.49. The molecule has 6 nitrogen and oxygen atoms in total. The van der Waals surface area contributed by atoms with E-state index in [4.69, 9.17) is 0 Å². The summed E-state index contributed by atoms with van der Waals surface area (Å²) in [5.74, 6) is -0.581. The molecule has 164 valence electrons. The number of amides is 3. The van der Waals surface area contributed by atoms with Crippen LogP contribution in [0.15, 0.2) is 84.9 Å². The number of para-hydroxylation sites is 1. The van der Waals surface area contributed by atoms with E-state index in [2.05, 4.69) is 10.6 Å². The number of carbonyl (C=O) groups excluding carboxylic acids is 3. The van der Waals surface area contributed by atoms with Crippen molar-refractivity contribution in [3.05, 3.63) is 96.1 Å². The standard InChI is InChI=1S/C26H27N3O3/c1-19(30)27-22-15-13-21(14-16-22)18-25(31)28-24(17-20-9-5-3-6-10-20)26(32)29(2)23-11-7-4-8-12-23/h3-16,24H,17-18H2,1-2H3,(H,27,30)(H,28,31)/t24-/m0/s1. The molecule has 3 amide bonds. The number of rotatable bonds is 8. The Labute approximate surface area is 188 Å². The molecule has 3 rings (SSSR count). The Morgan fingerprint density at radius 2 is 1.41 bits per heavy atom. The molecule has 0 heterocycles. The molecule has 0 aliphatic rings. The average Bonchev–Trinajstić information content (AvgIpc) is 2.80. The summed E-state index contributed by atoms with van der Waals surface area (Å²) in [7, 11) is 1.71. The van der Waals surface area contributed by atoms with Crippen LogP contribution in [0.25, 0.3) is 0 Å². The van der Waals surface area contributed by atoms with Crippen molar-refractivity contribution in [2.75, 3.05) is 17.3 Å². The van der Waals surface area contributed by atoms with E-state index in [0.717, 1.165) is 16.8 Å². The highest BCUT2D eigenvalue weighted by molar-refractivity contribution is 5.99. The fourth-order valence-electron chi connectivity index (χ4n) is 3.40. The van der Waals surface area contributed by atoms with E-state index < -0.39 is 6.04 Å². The molecule has 0 aliphatic heterocycles. The van der Waals surface area contributed by atoms with Gasteiger partial charge in [-0.1, -0.05) is 60.7 Å². The Balaban J connectivity index is 1.72. The van der Waals surface area contributed by atoms with Gasteiger partial charge >= 0.3 is 0 Å². The van der Waals surface area contributed by atoms with E-state index in [1.807, 2.05) is 60.7 Å². The van der Waals surface area contributed by atoms with Crippen LogP contribution >= 0.6 is 0 Å². The number of nitrogens with one attached hydrogen (secondary N) is 2. The molecule has 0 fully saturated rings. The third-order valence-electron chi connectivity index (χ3n) is 5.03. The van der Waals surface area contributed by atoms with Crippen LogP contribution in [0.3, 0.4) is 0 Å². The monoisotopic (exact) mass is 429 g/mol. The quantitative estimate of drug-likeness (QED) is 0.575. The van der Waals surface area contributed by atoms with E-state index in [9.17, 15) is 14.4 Å². The Bertz CT molecular complexity index is 1050. The average molecular weight is 430 g/mol. The Morgan fingerprint density at radius 1 is 0.812 bits per heavy atom. The minimum Gasteiger partial charge on any atom is -0.344 e. The predicted molar refractivity (Wildman–Crippen MR) is 126 cm³/mol. The van der Waals surface area contributed by atoms with Crippen molar-refractivity contribution >= 4 is 29.1 Å². The van der Waals surface area contributed by atoms with Crippen LogP contribution in [0.4, 0.5) is 11.4 Å². The van der Waals surface area contributed by atoms with Crippen LogP contribution in [0.2, 0.25) is 0 Å². The van der Waals surface area contributed by atoms with E-state index in [1.54, 1.807) is 36.2 Å². The van der Waals surface area contributed by atoms with Gasteiger partial charge in [0.1, 0.15) is 6.04 Å². The summed E-state index contributed by atoms with van der Waals surface area (Å²) in [4.78, 5) is 38.8. The maximum absolute atomic E-state index is 13.3. The lowest BCUT2D eigenvalue weighted by molar-refractivity contribution is -0.127. The summed E-state index contributed by atoms with van der Waals surface area (Å²) in [5, 5.41) is 5.61. The lowest BCUT2D eigenvalue weighted by Gasteiger charge is -2.25. The predicted octanol–water partition coefficient (Wildman–Crippen LogP) is 3.58. The van der Waals surface area contributed by atoms with Gasteiger partial charge in [-0.25, -0.2) is 0 Å². The van der Waals surface area contributed by atoms with Crippen molar-refractivity contribution in [1.29, 1.82) is 0 Å². The summed E-state index contributed by atoms with van der Waals surface area (Å²) in [6.45, 7) is 1.44. The van der Waals surface area contributed by atoms with Gasteiger partial charge in [-0.3, -0.25) is 14.4 Å². The topological polar surface area (TPSA) is 78.5 Å². The molecule has 3 aromatic carbocycles. The normalized spacial score (nSPS) is 11.3. The van der Waals surface area contributed by atoms with Gasteiger partial charge in [-0.15, -0.1) is 0 Å². The molecule has 32 heavy (non-hydrogen) atoms. The molecule has 3 aromatic rings. The van der Waals surface area contributed by atoms with Crippen LogP contribution in [-0.4, -0.2) is 30.8 Å². The summed E-state index contributed by atoms with van der Waals surface area (Å²) < 4.78 is 0. The van der Waals surface area contributed by atoms with Gasteiger partial charge in [0.25, 0.3) is 0 Å². The van der Waals surface area contributed by atoms with E-state index >= 15 is 0 Å². The Hall–Kier alpha value is -3.93. The van der Waals surface area contributed by atoms with Crippen LogP contribution in [0, 0.1) is 0 Å². The second-order valence-corrected chi connectivity index (χ2v) is 7.60. The van der Waals surface area contributed by atoms with Gasteiger partial charge in [0.15, 0.2) is 0 Å². The zero-order valence-electron chi connectivity index (χ0n) is 18.2. The van der Waals surface area contributed by atoms with Gasteiger partial charge in [0, 0.05) is 31.8 Å². The van der Waals surface area contributed by atoms with Crippen LogP contribution in [-0.2, 0) is 27.2 Å². The van der Waals surface area contributed by atoms with Crippen LogP contribution in [0.1, 0.15) is 18.1 Å². The molecule has 2 N–H and O–H groups in total. The third kappa shape index (κ3) is 6.54. The molecule has 0 aromatic heterocycles. The molecular formula is C26H27N3O3. The van der Waals surface area contributed by atoms with Gasteiger partial charge in [-0.05, 0) is 35.4 Å². The Kier molecular flexibility index (Phi) is 7.75. The number of nitrogens with zero attached hydrogens (tertiary/aromatic N) is 1. The summed E-state index contributed by atoms with van der Waals surface area (Å²) in [6, 6.07) is 25.3. The number of carbonyl (C=O) groups is 3. The minimum absolute atomic E-state index is 0.133. The van der Waals surface area contributed by atoms with Gasteiger partial charge in [0.05, 0.1) is 6.42 Å². The maximum atomic E-state index is 13.3. The minimum atomic E-state index is -0.700. The number of hydrogen-bond acceptors (Lipinski definition) is 3. The summed E-state index contributed by atoms with van der Waals surface area (Å²) in [5.41, 5.74) is 3.19. The molecule has 0 saturated heterocycles. The fraction of sp³-hybridized carbons (Fsp3) is 0.192. The summed E-state index contributed by atoms with van der Waals surface area (Å²) in [6.07, 6.45) is 0.526. The van der Waals surface area contributed by atoms with E-state index in [1.165, 1.54) is 6.92 Å². The van der Waals surface area contributed by atoms with Crippen LogP contribution in [0.5, 0.6) is 0 Å². The number of benzene rings is 3. The smallest absolute Gasteiger partial charge is 0.249 e. The zero-order chi connectivity index (χ0) is 22.9. The second kappa shape index (κ2) is 10.9. The van der Waals surface area contributed by atoms with Crippen molar-refractivity contribution in [2.24, 2.45) is 0 Å². The van der Waals surface area contributed by atoms with Crippen molar-refractivity contribution in [3.8, 4) is 0 Å². The summed E-state index contributed by atoms with van der Waals surface area (Å²) >= 11 is 0. The number of likely N-dealkylation sites (N-methyl/N-ethyl adjacent to an activating group) is 1. The third-order valence-corrected chi connectivity index (χ3v) is 5.03. The van der Waals surface area contributed by atoms with Gasteiger partial charge in [0.2, 0.25) is 17.7 Å². The molecule has 0 radical (unpaired) electrons. The number of hydrogen-bond donors (Lipinski definition) is 2. The van der Waals surface area contributed by atoms with E-state index in [-0.39, 0.29) is 24.1 Å². The Morgan fingerprint density at radius 3 is 2.00 bits per heavy atom. The first kappa shape index (κ1) is 22.7. The fourth-order valence-corrected chi connectivity index (χ4v) is 3.40. The van der Waals surface area contributed by atoms with Gasteiger partial charge < -0.3 is 15.5 Å².